The molecule has 1 amide bonds. The van der Waals surface area contributed by atoms with Gasteiger partial charge in [0.15, 0.2) is 0 Å². The Morgan fingerprint density at radius 2 is 1.79 bits per heavy atom. The van der Waals surface area contributed by atoms with E-state index in [0.29, 0.717) is 17.4 Å². The van der Waals surface area contributed by atoms with E-state index in [4.69, 9.17) is 4.74 Å². The maximum Gasteiger partial charge on any atom is 0.340 e. The molecule has 0 spiro atoms. The Balaban J connectivity index is 1.93. The maximum atomic E-state index is 13.5. The first kappa shape index (κ1) is 21.3. The number of piperidine rings is 1. The zero-order valence-corrected chi connectivity index (χ0v) is 18.4. The van der Waals surface area contributed by atoms with Crippen LogP contribution in [0.25, 0.3) is 0 Å². The minimum atomic E-state index is -0.345. The number of carbonyl (C=O) groups excluding carboxylic acids is 2. The Morgan fingerprint density at radius 1 is 1.14 bits per heavy atom. The first-order chi connectivity index (χ1) is 13.4. The lowest BCUT2D eigenvalue weighted by Crippen LogP contribution is -2.42. The minimum Gasteiger partial charge on any atom is -0.465 e. The van der Waals surface area contributed by atoms with Crippen LogP contribution in [0.15, 0.2) is 6.07 Å². The lowest BCUT2D eigenvalue weighted by Gasteiger charge is -2.33. The van der Waals surface area contributed by atoms with Crippen LogP contribution in [0.3, 0.4) is 0 Å². The van der Waals surface area contributed by atoms with E-state index >= 15 is 0 Å². The van der Waals surface area contributed by atoms with Crippen molar-refractivity contribution in [2.24, 2.45) is 11.8 Å². The smallest absolute Gasteiger partial charge is 0.340 e. The van der Waals surface area contributed by atoms with Gasteiger partial charge >= 0.3 is 5.97 Å². The summed E-state index contributed by atoms with van der Waals surface area (Å²) in [6.45, 7) is 8.33. The third-order valence-electron chi connectivity index (χ3n) is 6.22. The second kappa shape index (κ2) is 9.40. The molecule has 1 saturated heterocycles. The fourth-order valence-electron chi connectivity index (χ4n) is 4.44. The number of amides is 1. The molecule has 6 heteroatoms. The molecular weight excluding hydrogens is 372 g/mol. The van der Waals surface area contributed by atoms with Crippen molar-refractivity contribution < 1.29 is 14.3 Å². The highest BCUT2D eigenvalue weighted by Crippen LogP contribution is 2.41. The molecule has 2 heterocycles. The van der Waals surface area contributed by atoms with Gasteiger partial charge in [0.2, 0.25) is 5.91 Å². The largest absolute Gasteiger partial charge is 0.465 e. The number of methoxy groups -OCH3 is 1. The molecule has 156 valence electrons. The Bertz CT molecular complexity index is 686. The molecule has 0 bridgehead atoms. The Hall–Kier alpha value is -1.40. The van der Waals surface area contributed by atoms with Crippen molar-refractivity contribution in [2.75, 3.05) is 25.1 Å². The van der Waals surface area contributed by atoms with Crippen molar-refractivity contribution in [1.82, 2.24) is 5.32 Å². The number of ether oxygens (including phenoxy) is 1. The number of rotatable bonds is 5. The number of hydrogen-bond donors (Lipinski definition) is 1. The number of hydrogen-bond acceptors (Lipinski definition) is 5. The average Bonchev–Trinajstić information content (AvgIpc) is 3.13. The lowest BCUT2D eigenvalue weighted by molar-refractivity contribution is -0.123. The van der Waals surface area contributed by atoms with Gasteiger partial charge in [0.1, 0.15) is 5.00 Å². The molecular formula is C22H34N2O3S. The van der Waals surface area contributed by atoms with Crippen molar-refractivity contribution in [2.45, 2.75) is 71.3 Å². The van der Waals surface area contributed by atoms with Gasteiger partial charge in [-0.15, -0.1) is 11.3 Å². The first-order valence-corrected chi connectivity index (χ1v) is 11.5. The second-order valence-corrected chi connectivity index (χ2v) is 9.70. The fourth-order valence-corrected chi connectivity index (χ4v) is 5.89. The van der Waals surface area contributed by atoms with Gasteiger partial charge in [-0.1, -0.05) is 6.92 Å². The summed E-state index contributed by atoms with van der Waals surface area (Å²) in [7, 11) is 1.41. The zero-order valence-electron chi connectivity index (χ0n) is 17.6. The highest BCUT2D eigenvalue weighted by molar-refractivity contribution is 7.16. The van der Waals surface area contributed by atoms with Crippen LogP contribution in [-0.4, -0.2) is 38.1 Å². The normalized spacial score (nSPS) is 23.6. The van der Waals surface area contributed by atoms with Crippen LogP contribution in [0.1, 0.15) is 80.4 Å². The molecule has 0 aromatic carbocycles. The van der Waals surface area contributed by atoms with Gasteiger partial charge in [-0.05, 0) is 83.4 Å². The summed E-state index contributed by atoms with van der Waals surface area (Å²) in [4.78, 5) is 29.1. The summed E-state index contributed by atoms with van der Waals surface area (Å²) in [5.74, 6) is 1.04. The number of carbonyl (C=O) groups is 2. The number of nitrogens with zero attached hydrogens (tertiary/aromatic N) is 1. The first-order valence-electron chi connectivity index (χ1n) is 10.7. The molecule has 1 N–H and O–H groups in total. The van der Waals surface area contributed by atoms with Crippen LogP contribution in [0.2, 0.25) is 0 Å². The third-order valence-corrected chi connectivity index (χ3v) is 7.51. The molecule has 1 saturated carbocycles. The number of anilines is 1. The molecule has 3 rings (SSSR count). The molecule has 1 aromatic heterocycles. The summed E-state index contributed by atoms with van der Waals surface area (Å²) in [6.07, 6.45) is 6.24. The van der Waals surface area contributed by atoms with Crippen molar-refractivity contribution in [1.29, 1.82) is 0 Å². The summed E-state index contributed by atoms with van der Waals surface area (Å²) in [5.41, 5.74) is 0.548. The van der Waals surface area contributed by atoms with Crippen molar-refractivity contribution >= 4 is 28.2 Å². The highest BCUT2D eigenvalue weighted by atomic mass is 32.1. The highest BCUT2D eigenvalue weighted by Gasteiger charge is 2.34. The molecule has 2 fully saturated rings. The van der Waals surface area contributed by atoms with E-state index in [1.165, 1.54) is 12.0 Å². The Morgan fingerprint density at radius 3 is 2.36 bits per heavy atom. The topological polar surface area (TPSA) is 58.6 Å². The van der Waals surface area contributed by atoms with Crippen LogP contribution >= 0.6 is 11.3 Å². The maximum absolute atomic E-state index is 13.5. The Kier molecular flexibility index (Phi) is 7.15. The minimum absolute atomic E-state index is 0.00905. The summed E-state index contributed by atoms with van der Waals surface area (Å²) >= 11 is 1.62. The van der Waals surface area contributed by atoms with Crippen LogP contribution in [0, 0.1) is 11.8 Å². The second-order valence-electron chi connectivity index (χ2n) is 8.64. The van der Waals surface area contributed by atoms with E-state index < -0.39 is 0 Å². The average molecular weight is 407 g/mol. The van der Waals surface area contributed by atoms with Crippen LogP contribution < -0.4 is 10.2 Å². The molecule has 1 aliphatic carbocycles. The van der Waals surface area contributed by atoms with E-state index in [9.17, 15) is 9.59 Å². The van der Waals surface area contributed by atoms with Gasteiger partial charge in [0.25, 0.3) is 0 Å². The Labute approximate surface area is 172 Å². The van der Waals surface area contributed by atoms with E-state index in [1.807, 2.05) is 24.8 Å². The summed E-state index contributed by atoms with van der Waals surface area (Å²) < 4.78 is 5.06. The predicted molar refractivity (Wildman–Crippen MR) is 114 cm³/mol. The monoisotopic (exact) mass is 406 g/mol. The third kappa shape index (κ3) is 4.60. The molecule has 1 aliphatic heterocycles. The van der Waals surface area contributed by atoms with Crippen molar-refractivity contribution in [3.63, 3.8) is 0 Å². The van der Waals surface area contributed by atoms with Gasteiger partial charge in [0, 0.05) is 16.8 Å². The van der Waals surface area contributed by atoms with E-state index in [0.717, 1.165) is 56.6 Å². The lowest BCUT2D eigenvalue weighted by atomic mass is 9.82. The standard InChI is InChI=1S/C22H34N2O3S/c1-14(2)24(20(25)17-7-5-15(3)6-8-17)21-18(22(26)27-4)13-19(28-21)16-9-11-23-12-10-16/h13-17,23H,5-12H2,1-4H3/t15-,17-. The van der Waals surface area contributed by atoms with E-state index in [1.54, 1.807) is 11.3 Å². The van der Waals surface area contributed by atoms with E-state index in [2.05, 4.69) is 12.2 Å². The molecule has 28 heavy (non-hydrogen) atoms. The van der Waals surface area contributed by atoms with Crippen LogP contribution in [0.5, 0.6) is 0 Å². The van der Waals surface area contributed by atoms with Gasteiger partial charge < -0.3 is 15.0 Å². The molecule has 0 atom stereocenters. The molecule has 1 aromatic rings. The van der Waals surface area contributed by atoms with Crippen molar-refractivity contribution in [3.05, 3.63) is 16.5 Å². The molecule has 5 nitrogen and oxygen atoms in total. The summed E-state index contributed by atoms with van der Waals surface area (Å²) in [6, 6.07) is 1.99. The predicted octanol–water partition coefficient (Wildman–Crippen LogP) is 4.57. The fraction of sp³-hybridized carbons (Fsp3) is 0.727. The van der Waals surface area contributed by atoms with E-state index in [-0.39, 0.29) is 23.8 Å². The molecule has 0 radical (unpaired) electrons. The SMILES string of the molecule is COC(=O)c1cc(C2CCNCC2)sc1N(C(=O)[C@H]1CC[C@H](C)CC1)C(C)C. The van der Waals surface area contributed by atoms with Crippen molar-refractivity contribution in [3.8, 4) is 0 Å². The van der Waals surface area contributed by atoms with Gasteiger partial charge in [-0.25, -0.2) is 4.79 Å². The van der Waals surface area contributed by atoms with Gasteiger partial charge in [-0.3, -0.25) is 4.79 Å². The number of esters is 1. The molecule has 0 unspecified atom stereocenters. The van der Waals surface area contributed by atoms with Crippen LogP contribution in [-0.2, 0) is 9.53 Å². The summed E-state index contributed by atoms with van der Waals surface area (Å²) in [5, 5.41) is 4.17. The molecule has 2 aliphatic rings. The zero-order chi connectivity index (χ0) is 20.3. The van der Waals surface area contributed by atoms with Gasteiger partial charge in [0.05, 0.1) is 12.7 Å². The number of thiophene rings is 1. The van der Waals surface area contributed by atoms with Gasteiger partial charge in [-0.2, -0.15) is 0 Å². The van der Waals surface area contributed by atoms with Crippen LogP contribution in [0.4, 0.5) is 5.00 Å². The quantitative estimate of drug-likeness (QED) is 0.728. The number of nitrogens with one attached hydrogen (secondary N) is 1.